The molecule has 0 radical (unpaired) electrons. The molecule has 0 aliphatic carbocycles. The molecule has 1 unspecified atom stereocenters. The average molecular weight is 495 g/mol. The number of benzene rings is 1. The van der Waals surface area contributed by atoms with Gasteiger partial charge in [0.25, 0.3) is 0 Å². The van der Waals surface area contributed by atoms with E-state index in [1.807, 2.05) is 0 Å². The van der Waals surface area contributed by atoms with Crippen LogP contribution in [0, 0.1) is 0 Å². The van der Waals surface area contributed by atoms with Crippen molar-refractivity contribution in [1.29, 1.82) is 0 Å². The predicted octanol–water partition coefficient (Wildman–Crippen LogP) is 8.70. The third-order valence-electron chi connectivity index (χ3n) is 6.65. The van der Waals surface area contributed by atoms with Gasteiger partial charge < -0.3 is 10.2 Å². The molecule has 0 fully saturated rings. The fourth-order valence-corrected chi connectivity index (χ4v) is 4.46. The lowest BCUT2D eigenvalue weighted by Gasteiger charge is -2.20. The number of unbranched alkanes of at least 4 members (excludes halogenated alkanes) is 14. The fraction of sp³-hybridized carbons (Fsp3) is 0.767. The van der Waals surface area contributed by atoms with Crippen molar-refractivity contribution in [3.8, 4) is 0 Å². The minimum atomic E-state index is 0. The standard InChI is InChI=1S/C30H54N2O.ClH/c1-4-5-6-7-8-9-10-11-12-13-14-15-16-17-21-24-30(33)31-28(2)25-26-32(3)27-29-22-19-18-20-23-29;/h18-20,22-23,28H,4-17,21,24-27H2,1-3H3,(H,31,33);1H. The number of hydrogen-bond acceptors (Lipinski definition) is 2. The van der Waals surface area contributed by atoms with Gasteiger partial charge in [-0.25, -0.2) is 0 Å². The van der Waals surface area contributed by atoms with Crippen LogP contribution in [-0.2, 0) is 11.3 Å². The number of nitrogens with one attached hydrogen (secondary N) is 1. The molecule has 1 aromatic rings. The smallest absolute Gasteiger partial charge is 0.220 e. The maximum Gasteiger partial charge on any atom is 0.220 e. The minimum Gasteiger partial charge on any atom is -0.354 e. The second kappa shape index (κ2) is 23.7. The van der Waals surface area contributed by atoms with Gasteiger partial charge in [-0.3, -0.25) is 4.79 Å². The van der Waals surface area contributed by atoms with Crippen LogP contribution < -0.4 is 5.32 Å². The Morgan fingerprint density at radius 3 is 1.76 bits per heavy atom. The number of carbonyl (C=O) groups is 1. The fourth-order valence-electron chi connectivity index (χ4n) is 4.46. The molecule has 0 aromatic heterocycles. The van der Waals surface area contributed by atoms with Gasteiger partial charge in [-0.15, -0.1) is 12.4 Å². The molecular weight excluding hydrogens is 440 g/mol. The summed E-state index contributed by atoms with van der Waals surface area (Å²) in [6.45, 7) is 6.36. The summed E-state index contributed by atoms with van der Waals surface area (Å²) in [5, 5.41) is 3.18. The molecule has 1 rings (SSSR count). The van der Waals surface area contributed by atoms with Crippen molar-refractivity contribution >= 4 is 18.3 Å². The van der Waals surface area contributed by atoms with Crippen molar-refractivity contribution in [3.63, 3.8) is 0 Å². The summed E-state index contributed by atoms with van der Waals surface area (Å²) >= 11 is 0. The van der Waals surface area contributed by atoms with Crippen molar-refractivity contribution in [3.05, 3.63) is 35.9 Å². The molecule has 1 N–H and O–H groups in total. The quantitative estimate of drug-likeness (QED) is 0.163. The van der Waals surface area contributed by atoms with Crippen LogP contribution in [0.5, 0.6) is 0 Å². The van der Waals surface area contributed by atoms with Crippen LogP contribution in [0.15, 0.2) is 30.3 Å². The van der Waals surface area contributed by atoms with Gasteiger partial charge in [0.2, 0.25) is 5.91 Å². The number of hydrogen-bond donors (Lipinski definition) is 1. The van der Waals surface area contributed by atoms with Crippen LogP contribution in [0.3, 0.4) is 0 Å². The number of amides is 1. The number of rotatable bonds is 22. The van der Waals surface area contributed by atoms with Crippen LogP contribution in [0.2, 0.25) is 0 Å². The Labute approximate surface area is 218 Å². The van der Waals surface area contributed by atoms with Crippen LogP contribution in [-0.4, -0.2) is 30.4 Å². The lowest BCUT2D eigenvalue weighted by atomic mass is 10.0. The van der Waals surface area contributed by atoms with Gasteiger partial charge in [0.15, 0.2) is 0 Å². The van der Waals surface area contributed by atoms with Gasteiger partial charge >= 0.3 is 0 Å². The monoisotopic (exact) mass is 494 g/mol. The van der Waals surface area contributed by atoms with E-state index < -0.39 is 0 Å². The van der Waals surface area contributed by atoms with Crippen molar-refractivity contribution in [2.24, 2.45) is 0 Å². The lowest BCUT2D eigenvalue weighted by Crippen LogP contribution is -2.35. The topological polar surface area (TPSA) is 32.3 Å². The number of carbonyl (C=O) groups excluding carboxylic acids is 1. The highest BCUT2D eigenvalue weighted by atomic mass is 35.5. The first kappa shape index (κ1) is 32.9. The molecule has 0 saturated heterocycles. The Bertz CT molecular complexity index is 566. The molecule has 0 spiro atoms. The molecule has 0 aliphatic heterocycles. The van der Waals surface area contributed by atoms with E-state index in [9.17, 15) is 4.79 Å². The van der Waals surface area contributed by atoms with Gasteiger partial charge in [-0.1, -0.05) is 127 Å². The Hall–Kier alpha value is -1.06. The Kier molecular flexibility index (Phi) is 22.9. The summed E-state index contributed by atoms with van der Waals surface area (Å²) in [6.07, 6.45) is 22.1. The first-order valence-electron chi connectivity index (χ1n) is 14.1. The predicted molar refractivity (Wildman–Crippen MR) is 152 cm³/mol. The molecule has 4 heteroatoms. The average Bonchev–Trinajstić information content (AvgIpc) is 2.81. The molecule has 0 saturated carbocycles. The van der Waals surface area contributed by atoms with Crippen molar-refractivity contribution in [1.82, 2.24) is 10.2 Å². The molecule has 198 valence electrons. The largest absolute Gasteiger partial charge is 0.354 e. The van der Waals surface area contributed by atoms with E-state index in [-0.39, 0.29) is 24.4 Å². The number of halogens is 1. The second-order valence-corrected chi connectivity index (χ2v) is 10.2. The minimum absolute atomic E-state index is 0. The summed E-state index contributed by atoms with van der Waals surface area (Å²) < 4.78 is 0. The van der Waals surface area contributed by atoms with Crippen LogP contribution in [0.1, 0.15) is 129 Å². The molecule has 3 nitrogen and oxygen atoms in total. The zero-order valence-electron chi connectivity index (χ0n) is 22.7. The Morgan fingerprint density at radius 2 is 1.26 bits per heavy atom. The third kappa shape index (κ3) is 20.3. The molecule has 1 aromatic carbocycles. The van der Waals surface area contributed by atoms with Crippen LogP contribution in [0.25, 0.3) is 0 Å². The first-order chi connectivity index (χ1) is 16.1. The van der Waals surface area contributed by atoms with E-state index in [0.29, 0.717) is 6.42 Å². The third-order valence-corrected chi connectivity index (χ3v) is 6.65. The highest BCUT2D eigenvalue weighted by molar-refractivity contribution is 5.85. The van der Waals surface area contributed by atoms with Crippen LogP contribution >= 0.6 is 12.4 Å². The maximum atomic E-state index is 12.2. The molecule has 0 bridgehead atoms. The SMILES string of the molecule is CCCCCCCCCCCCCCCCCC(=O)NC(C)CCN(C)Cc1ccccc1.Cl. The van der Waals surface area contributed by atoms with E-state index in [1.54, 1.807) is 0 Å². The molecule has 0 heterocycles. The Morgan fingerprint density at radius 1 is 0.794 bits per heavy atom. The maximum absolute atomic E-state index is 12.2. The molecule has 34 heavy (non-hydrogen) atoms. The zero-order valence-corrected chi connectivity index (χ0v) is 23.5. The Balaban J connectivity index is 0.0000109. The highest BCUT2D eigenvalue weighted by Crippen LogP contribution is 2.13. The van der Waals surface area contributed by atoms with E-state index in [2.05, 4.69) is 61.4 Å². The van der Waals surface area contributed by atoms with E-state index >= 15 is 0 Å². The number of nitrogens with zero attached hydrogens (tertiary/aromatic N) is 1. The normalized spacial score (nSPS) is 11.9. The van der Waals surface area contributed by atoms with Crippen molar-refractivity contribution in [2.75, 3.05) is 13.6 Å². The second-order valence-electron chi connectivity index (χ2n) is 10.2. The van der Waals surface area contributed by atoms with Crippen LogP contribution in [0.4, 0.5) is 0 Å². The van der Waals surface area contributed by atoms with E-state index in [4.69, 9.17) is 0 Å². The molecule has 0 aliphatic rings. The van der Waals surface area contributed by atoms with Gasteiger partial charge in [0, 0.05) is 25.6 Å². The van der Waals surface area contributed by atoms with Gasteiger partial charge in [-0.05, 0) is 32.4 Å². The molecule has 1 atom stereocenters. The van der Waals surface area contributed by atoms with Gasteiger partial charge in [0.05, 0.1) is 0 Å². The summed E-state index contributed by atoms with van der Waals surface area (Å²) in [5.74, 6) is 0.225. The van der Waals surface area contributed by atoms with E-state index in [1.165, 1.54) is 95.5 Å². The zero-order chi connectivity index (χ0) is 24.0. The van der Waals surface area contributed by atoms with E-state index in [0.717, 1.165) is 25.9 Å². The summed E-state index contributed by atoms with van der Waals surface area (Å²) in [4.78, 5) is 14.5. The van der Waals surface area contributed by atoms with Crippen molar-refractivity contribution < 1.29 is 4.79 Å². The summed E-state index contributed by atoms with van der Waals surface area (Å²) in [5.41, 5.74) is 1.34. The van der Waals surface area contributed by atoms with Gasteiger partial charge in [-0.2, -0.15) is 0 Å². The first-order valence-corrected chi connectivity index (χ1v) is 14.1. The van der Waals surface area contributed by atoms with Crippen molar-refractivity contribution in [2.45, 2.75) is 136 Å². The summed E-state index contributed by atoms with van der Waals surface area (Å²) in [7, 11) is 2.15. The highest BCUT2D eigenvalue weighted by Gasteiger charge is 2.09. The molecular formula is C30H55ClN2O. The van der Waals surface area contributed by atoms with Gasteiger partial charge in [0.1, 0.15) is 0 Å². The summed E-state index contributed by atoms with van der Waals surface area (Å²) in [6, 6.07) is 10.8. The lowest BCUT2D eigenvalue weighted by molar-refractivity contribution is -0.121. The molecule has 1 amide bonds.